The highest BCUT2D eigenvalue weighted by Crippen LogP contribution is 2.22. The Morgan fingerprint density at radius 1 is 1.25 bits per heavy atom. The van der Waals surface area contributed by atoms with Gasteiger partial charge in [-0.3, -0.25) is 4.79 Å². The lowest BCUT2D eigenvalue weighted by Gasteiger charge is -2.09. The molecule has 0 bridgehead atoms. The van der Waals surface area contributed by atoms with E-state index in [4.69, 9.17) is 9.84 Å². The maximum absolute atomic E-state index is 13.5. The highest BCUT2D eigenvalue weighted by atomic mass is 19.1. The summed E-state index contributed by atoms with van der Waals surface area (Å²) in [6.07, 6.45) is 0. The van der Waals surface area contributed by atoms with E-state index in [1.165, 1.54) is 19.2 Å². The van der Waals surface area contributed by atoms with Crippen molar-refractivity contribution in [2.24, 2.45) is 0 Å². The summed E-state index contributed by atoms with van der Waals surface area (Å²) in [6.45, 7) is 1.86. The first kappa shape index (κ1) is 13.9. The molecule has 0 atom stereocenters. The second-order valence-corrected chi connectivity index (χ2v) is 4.30. The van der Waals surface area contributed by atoms with Gasteiger partial charge in [0.15, 0.2) is 0 Å². The molecule has 20 heavy (non-hydrogen) atoms. The summed E-state index contributed by atoms with van der Waals surface area (Å²) in [6, 6.07) is 8.50. The average Bonchev–Trinajstić information content (AvgIpc) is 2.42. The number of phenols is 1. The Labute approximate surface area is 115 Å². The molecule has 0 fully saturated rings. The van der Waals surface area contributed by atoms with Crippen molar-refractivity contribution < 1.29 is 19.0 Å². The number of carbonyl (C=O) groups excluding carboxylic acids is 1. The summed E-state index contributed by atoms with van der Waals surface area (Å²) in [4.78, 5) is 12.0. The molecular formula is C15H14FNO3. The van der Waals surface area contributed by atoms with Crippen LogP contribution in [-0.4, -0.2) is 18.1 Å². The van der Waals surface area contributed by atoms with E-state index in [1.54, 1.807) is 18.2 Å². The van der Waals surface area contributed by atoms with Gasteiger partial charge in [-0.2, -0.15) is 0 Å². The summed E-state index contributed by atoms with van der Waals surface area (Å²) in [5.74, 6) is -0.758. The number of rotatable bonds is 3. The molecule has 1 amide bonds. The second kappa shape index (κ2) is 5.61. The molecule has 0 unspecified atom stereocenters. The fraction of sp³-hybridized carbons (Fsp3) is 0.133. The quantitative estimate of drug-likeness (QED) is 0.846. The van der Waals surface area contributed by atoms with E-state index < -0.39 is 11.7 Å². The van der Waals surface area contributed by atoms with Gasteiger partial charge in [0.2, 0.25) is 0 Å². The summed E-state index contributed by atoms with van der Waals surface area (Å²) in [7, 11) is 1.52. The van der Waals surface area contributed by atoms with Gasteiger partial charge in [0.25, 0.3) is 5.91 Å². The Morgan fingerprint density at radius 3 is 2.65 bits per heavy atom. The van der Waals surface area contributed by atoms with Crippen molar-refractivity contribution in [1.29, 1.82) is 0 Å². The molecule has 0 aromatic heterocycles. The van der Waals surface area contributed by atoms with Gasteiger partial charge in [0, 0.05) is 11.6 Å². The highest BCUT2D eigenvalue weighted by Gasteiger charge is 2.11. The van der Waals surface area contributed by atoms with E-state index in [2.05, 4.69) is 5.32 Å². The lowest BCUT2D eigenvalue weighted by Crippen LogP contribution is -2.13. The highest BCUT2D eigenvalue weighted by molar-refractivity contribution is 6.04. The van der Waals surface area contributed by atoms with E-state index in [-0.39, 0.29) is 11.4 Å². The molecule has 2 N–H and O–H groups in total. The van der Waals surface area contributed by atoms with Crippen LogP contribution < -0.4 is 10.1 Å². The Bertz CT molecular complexity index is 656. The minimum atomic E-state index is -0.697. The van der Waals surface area contributed by atoms with Gasteiger partial charge in [0.05, 0.1) is 12.8 Å². The molecule has 0 heterocycles. The average molecular weight is 275 g/mol. The molecule has 0 aliphatic heterocycles. The van der Waals surface area contributed by atoms with Gasteiger partial charge >= 0.3 is 0 Å². The van der Waals surface area contributed by atoms with Crippen molar-refractivity contribution in [2.45, 2.75) is 6.92 Å². The standard InChI is InChI=1S/C15H14FNO3/c1-9-3-4-10(7-14(9)20-2)15(19)17-13-6-5-11(18)8-12(13)16/h3-8,18H,1-2H3,(H,17,19). The van der Waals surface area contributed by atoms with Crippen LogP contribution in [0.15, 0.2) is 36.4 Å². The third kappa shape index (κ3) is 2.88. The zero-order chi connectivity index (χ0) is 14.7. The number of carbonyl (C=O) groups is 1. The summed E-state index contributed by atoms with van der Waals surface area (Å²) < 4.78 is 18.7. The number of phenolic OH excluding ortho intramolecular Hbond substituents is 1. The van der Waals surface area contributed by atoms with Crippen LogP contribution in [0.2, 0.25) is 0 Å². The van der Waals surface area contributed by atoms with Crippen LogP contribution in [0.1, 0.15) is 15.9 Å². The third-order valence-electron chi connectivity index (χ3n) is 2.87. The number of aromatic hydroxyl groups is 1. The zero-order valence-electron chi connectivity index (χ0n) is 11.1. The fourth-order valence-electron chi connectivity index (χ4n) is 1.76. The Morgan fingerprint density at radius 2 is 2.00 bits per heavy atom. The van der Waals surface area contributed by atoms with Crippen LogP contribution in [0.4, 0.5) is 10.1 Å². The van der Waals surface area contributed by atoms with Crippen molar-refractivity contribution >= 4 is 11.6 Å². The number of benzene rings is 2. The van der Waals surface area contributed by atoms with E-state index in [1.807, 2.05) is 6.92 Å². The smallest absolute Gasteiger partial charge is 0.255 e. The normalized spacial score (nSPS) is 10.2. The molecule has 2 aromatic rings. The zero-order valence-corrected chi connectivity index (χ0v) is 11.1. The molecular weight excluding hydrogens is 261 g/mol. The largest absolute Gasteiger partial charge is 0.508 e. The molecule has 5 heteroatoms. The number of amides is 1. The Balaban J connectivity index is 2.24. The molecule has 104 valence electrons. The van der Waals surface area contributed by atoms with E-state index in [0.717, 1.165) is 11.6 Å². The topological polar surface area (TPSA) is 58.6 Å². The van der Waals surface area contributed by atoms with Crippen molar-refractivity contribution in [3.8, 4) is 11.5 Å². The first-order valence-electron chi connectivity index (χ1n) is 5.96. The van der Waals surface area contributed by atoms with Crippen molar-refractivity contribution in [1.82, 2.24) is 0 Å². The SMILES string of the molecule is COc1cc(C(=O)Nc2ccc(O)cc2F)ccc1C. The number of hydrogen-bond donors (Lipinski definition) is 2. The minimum Gasteiger partial charge on any atom is -0.508 e. The van der Waals surface area contributed by atoms with E-state index in [9.17, 15) is 9.18 Å². The predicted octanol–water partition coefficient (Wildman–Crippen LogP) is 3.10. The maximum atomic E-state index is 13.5. The number of nitrogens with one attached hydrogen (secondary N) is 1. The minimum absolute atomic E-state index is 0.00680. The monoisotopic (exact) mass is 275 g/mol. The van der Waals surface area contributed by atoms with E-state index in [0.29, 0.717) is 11.3 Å². The fourth-order valence-corrected chi connectivity index (χ4v) is 1.76. The van der Waals surface area contributed by atoms with Crippen LogP contribution in [0.5, 0.6) is 11.5 Å². The number of aryl methyl sites for hydroxylation is 1. The number of anilines is 1. The first-order chi connectivity index (χ1) is 9.51. The number of ether oxygens (including phenoxy) is 1. The Kier molecular flexibility index (Phi) is 3.89. The molecule has 2 rings (SSSR count). The summed E-state index contributed by atoms with van der Waals surface area (Å²) in [5, 5.41) is 11.6. The van der Waals surface area contributed by atoms with Crippen molar-refractivity contribution in [3.05, 3.63) is 53.3 Å². The van der Waals surface area contributed by atoms with Gasteiger partial charge in [-0.15, -0.1) is 0 Å². The van der Waals surface area contributed by atoms with Crippen molar-refractivity contribution in [2.75, 3.05) is 12.4 Å². The van der Waals surface area contributed by atoms with Crippen LogP contribution in [0.3, 0.4) is 0 Å². The molecule has 0 aliphatic rings. The van der Waals surface area contributed by atoms with Crippen molar-refractivity contribution in [3.63, 3.8) is 0 Å². The van der Waals surface area contributed by atoms with E-state index >= 15 is 0 Å². The number of hydrogen-bond acceptors (Lipinski definition) is 3. The lowest BCUT2D eigenvalue weighted by molar-refractivity contribution is 0.102. The molecule has 0 radical (unpaired) electrons. The first-order valence-corrected chi connectivity index (χ1v) is 5.96. The molecule has 4 nitrogen and oxygen atoms in total. The lowest BCUT2D eigenvalue weighted by atomic mass is 10.1. The Hall–Kier alpha value is -2.56. The number of methoxy groups -OCH3 is 1. The maximum Gasteiger partial charge on any atom is 0.255 e. The second-order valence-electron chi connectivity index (χ2n) is 4.30. The number of halogens is 1. The van der Waals surface area contributed by atoms with Gasteiger partial charge < -0.3 is 15.2 Å². The van der Waals surface area contributed by atoms with Crippen LogP contribution in [0.25, 0.3) is 0 Å². The molecule has 0 saturated carbocycles. The van der Waals surface area contributed by atoms with Crippen LogP contribution >= 0.6 is 0 Å². The van der Waals surface area contributed by atoms with Gasteiger partial charge in [0.1, 0.15) is 17.3 Å². The van der Waals surface area contributed by atoms with Gasteiger partial charge in [-0.05, 0) is 36.8 Å². The third-order valence-corrected chi connectivity index (χ3v) is 2.87. The molecule has 0 spiro atoms. The van der Waals surface area contributed by atoms with Gasteiger partial charge in [-0.1, -0.05) is 6.07 Å². The van der Waals surface area contributed by atoms with Crippen LogP contribution in [0, 0.1) is 12.7 Å². The summed E-state index contributed by atoms with van der Waals surface area (Å²) in [5.41, 5.74) is 1.27. The van der Waals surface area contributed by atoms with Crippen LogP contribution in [-0.2, 0) is 0 Å². The molecule has 0 saturated heterocycles. The van der Waals surface area contributed by atoms with Gasteiger partial charge in [-0.25, -0.2) is 4.39 Å². The summed E-state index contributed by atoms with van der Waals surface area (Å²) >= 11 is 0. The molecule has 0 aliphatic carbocycles. The predicted molar refractivity (Wildman–Crippen MR) is 73.7 cm³/mol. The molecule has 2 aromatic carbocycles.